The van der Waals surface area contributed by atoms with Crippen LogP contribution in [0, 0.1) is 5.92 Å². The largest absolute Gasteiger partial charge is 0.494 e. The molecule has 0 bridgehead atoms. The van der Waals surface area contributed by atoms with Gasteiger partial charge in [0.2, 0.25) is 0 Å². The first-order valence-corrected chi connectivity index (χ1v) is 5.34. The third-order valence-electron chi connectivity index (χ3n) is 2.26. The lowest BCUT2D eigenvalue weighted by atomic mass is 10.0. The summed E-state index contributed by atoms with van der Waals surface area (Å²) in [6.07, 6.45) is 8.43. The van der Waals surface area contributed by atoms with E-state index in [4.69, 9.17) is 16.3 Å². The van der Waals surface area contributed by atoms with Gasteiger partial charge < -0.3 is 4.74 Å². The van der Waals surface area contributed by atoms with E-state index < -0.39 is 0 Å². The molecule has 0 aliphatic carbocycles. The molecule has 2 heteroatoms. The minimum Gasteiger partial charge on any atom is -0.494 e. The standard InChI is InChI=1S/C11H17ClO/c1-9(2)10(8-12)7-11-5-3-4-6-13-11/h4,6-7,9,11H,3,5,8H2,1-2H3. The smallest absolute Gasteiger partial charge is 0.117 e. The number of allylic oxidation sites excluding steroid dienone is 2. The molecular weight excluding hydrogens is 184 g/mol. The van der Waals surface area contributed by atoms with Crippen LogP contribution in [-0.4, -0.2) is 12.0 Å². The van der Waals surface area contributed by atoms with Crippen molar-refractivity contribution >= 4 is 11.6 Å². The highest BCUT2D eigenvalue weighted by Gasteiger charge is 2.10. The maximum atomic E-state index is 5.84. The van der Waals surface area contributed by atoms with E-state index in [1.807, 2.05) is 0 Å². The van der Waals surface area contributed by atoms with E-state index in [2.05, 4.69) is 26.0 Å². The Morgan fingerprint density at radius 2 is 2.46 bits per heavy atom. The van der Waals surface area contributed by atoms with Crippen molar-refractivity contribution in [2.75, 3.05) is 5.88 Å². The molecule has 0 fully saturated rings. The molecule has 0 saturated carbocycles. The summed E-state index contributed by atoms with van der Waals surface area (Å²) in [6, 6.07) is 0. The molecule has 1 aliphatic rings. The summed E-state index contributed by atoms with van der Waals surface area (Å²) in [7, 11) is 0. The van der Waals surface area contributed by atoms with Crippen LogP contribution in [0.3, 0.4) is 0 Å². The number of alkyl halides is 1. The molecule has 1 rings (SSSR count). The number of halogens is 1. The summed E-state index contributed by atoms with van der Waals surface area (Å²) in [5.41, 5.74) is 1.28. The Morgan fingerprint density at radius 1 is 1.69 bits per heavy atom. The summed E-state index contributed by atoms with van der Waals surface area (Å²) in [5.74, 6) is 1.13. The van der Waals surface area contributed by atoms with Gasteiger partial charge in [-0.1, -0.05) is 19.4 Å². The molecule has 0 radical (unpaired) electrons. The van der Waals surface area contributed by atoms with E-state index in [1.165, 1.54) is 5.57 Å². The summed E-state index contributed by atoms with van der Waals surface area (Å²) in [6.45, 7) is 4.32. The van der Waals surface area contributed by atoms with Crippen molar-refractivity contribution in [3.05, 3.63) is 24.0 Å². The Kier molecular flexibility index (Phi) is 4.37. The van der Waals surface area contributed by atoms with Crippen molar-refractivity contribution in [3.63, 3.8) is 0 Å². The van der Waals surface area contributed by atoms with E-state index in [0.29, 0.717) is 11.8 Å². The van der Waals surface area contributed by atoms with Crippen molar-refractivity contribution in [1.82, 2.24) is 0 Å². The van der Waals surface area contributed by atoms with Crippen molar-refractivity contribution in [1.29, 1.82) is 0 Å². The van der Waals surface area contributed by atoms with E-state index in [0.717, 1.165) is 12.8 Å². The summed E-state index contributed by atoms with van der Waals surface area (Å²) < 4.78 is 5.44. The Bertz CT molecular complexity index is 206. The van der Waals surface area contributed by atoms with Gasteiger partial charge in [-0.2, -0.15) is 0 Å². The maximum Gasteiger partial charge on any atom is 0.117 e. The third-order valence-corrected chi connectivity index (χ3v) is 2.57. The average molecular weight is 201 g/mol. The summed E-state index contributed by atoms with van der Waals surface area (Å²) in [4.78, 5) is 0. The minimum absolute atomic E-state index is 0.237. The number of hydrogen-bond donors (Lipinski definition) is 0. The molecule has 1 aliphatic heterocycles. The second kappa shape index (κ2) is 5.33. The van der Waals surface area contributed by atoms with Crippen molar-refractivity contribution in [2.45, 2.75) is 32.8 Å². The lowest BCUT2D eigenvalue weighted by molar-refractivity contribution is 0.164. The molecule has 0 amide bonds. The van der Waals surface area contributed by atoms with Crippen molar-refractivity contribution < 1.29 is 4.74 Å². The first kappa shape index (κ1) is 10.6. The predicted molar refractivity (Wildman–Crippen MR) is 56.9 cm³/mol. The Morgan fingerprint density at radius 3 is 2.92 bits per heavy atom. The molecule has 1 heterocycles. The van der Waals surface area contributed by atoms with Crippen molar-refractivity contribution in [3.8, 4) is 0 Å². The highest BCUT2D eigenvalue weighted by molar-refractivity contribution is 6.19. The lowest BCUT2D eigenvalue weighted by Gasteiger charge is -2.18. The van der Waals surface area contributed by atoms with Gasteiger partial charge >= 0.3 is 0 Å². The SMILES string of the molecule is CC(C)C(=CC1CCC=CO1)CCl. The highest BCUT2D eigenvalue weighted by atomic mass is 35.5. The van der Waals surface area contributed by atoms with Gasteiger partial charge in [-0.05, 0) is 30.9 Å². The average Bonchev–Trinajstić information content (AvgIpc) is 2.15. The maximum absolute atomic E-state index is 5.84. The molecule has 1 atom stereocenters. The molecule has 1 unspecified atom stereocenters. The fourth-order valence-electron chi connectivity index (χ4n) is 1.31. The Balaban J connectivity index is 2.55. The first-order chi connectivity index (χ1) is 6.24. The number of ether oxygens (including phenoxy) is 1. The zero-order valence-corrected chi connectivity index (χ0v) is 9.05. The van der Waals surface area contributed by atoms with Crippen LogP contribution < -0.4 is 0 Å². The van der Waals surface area contributed by atoms with Crippen LogP contribution in [0.15, 0.2) is 24.0 Å². The molecule has 0 spiro atoms. The molecule has 74 valence electrons. The predicted octanol–water partition coefficient (Wildman–Crippen LogP) is 3.50. The van der Waals surface area contributed by atoms with Gasteiger partial charge in [-0.25, -0.2) is 0 Å². The second-order valence-electron chi connectivity index (χ2n) is 3.65. The normalized spacial score (nSPS) is 23.4. The molecule has 0 N–H and O–H groups in total. The lowest BCUT2D eigenvalue weighted by Crippen LogP contribution is -2.11. The molecular formula is C11H17ClO. The van der Waals surface area contributed by atoms with E-state index >= 15 is 0 Å². The zero-order chi connectivity index (χ0) is 9.68. The van der Waals surface area contributed by atoms with Gasteiger partial charge in [0.15, 0.2) is 0 Å². The van der Waals surface area contributed by atoms with E-state index in [1.54, 1.807) is 6.26 Å². The van der Waals surface area contributed by atoms with Crippen LogP contribution in [0.2, 0.25) is 0 Å². The summed E-state index contributed by atoms with van der Waals surface area (Å²) >= 11 is 5.84. The van der Waals surface area contributed by atoms with Crippen LogP contribution >= 0.6 is 11.6 Å². The topological polar surface area (TPSA) is 9.23 Å². The van der Waals surface area contributed by atoms with E-state index in [9.17, 15) is 0 Å². The van der Waals surface area contributed by atoms with Gasteiger partial charge in [0.05, 0.1) is 6.26 Å². The Hall–Kier alpha value is -0.430. The monoisotopic (exact) mass is 200 g/mol. The van der Waals surface area contributed by atoms with Crippen LogP contribution in [0.1, 0.15) is 26.7 Å². The quantitative estimate of drug-likeness (QED) is 0.501. The molecule has 0 aromatic carbocycles. The van der Waals surface area contributed by atoms with Gasteiger partial charge in [-0.15, -0.1) is 11.6 Å². The van der Waals surface area contributed by atoms with Crippen LogP contribution in [0.4, 0.5) is 0 Å². The third kappa shape index (κ3) is 3.43. The van der Waals surface area contributed by atoms with Gasteiger partial charge in [-0.3, -0.25) is 0 Å². The van der Waals surface area contributed by atoms with Gasteiger partial charge in [0.25, 0.3) is 0 Å². The minimum atomic E-state index is 0.237. The van der Waals surface area contributed by atoms with Crippen LogP contribution in [0.25, 0.3) is 0 Å². The van der Waals surface area contributed by atoms with Gasteiger partial charge in [0.1, 0.15) is 6.10 Å². The number of hydrogen-bond acceptors (Lipinski definition) is 1. The fraction of sp³-hybridized carbons (Fsp3) is 0.636. The highest BCUT2D eigenvalue weighted by Crippen LogP contribution is 2.18. The summed E-state index contributed by atoms with van der Waals surface area (Å²) in [5, 5.41) is 0. The fourth-order valence-corrected chi connectivity index (χ4v) is 1.70. The molecule has 0 saturated heterocycles. The second-order valence-corrected chi connectivity index (χ2v) is 3.92. The van der Waals surface area contributed by atoms with Crippen molar-refractivity contribution in [2.24, 2.45) is 5.92 Å². The molecule has 0 aromatic rings. The van der Waals surface area contributed by atoms with E-state index in [-0.39, 0.29) is 6.10 Å². The first-order valence-electron chi connectivity index (χ1n) is 4.81. The zero-order valence-electron chi connectivity index (χ0n) is 8.29. The molecule has 1 nitrogen and oxygen atoms in total. The number of rotatable bonds is 3. The van der Waals surface area contributed by atoms with Crippen LogP contribution in [-0.2, 0) is 4.74 Å². The van der Waals surface area contributed by atoms with Gasteiger partial charge in [0, 0.05) is 5.88 Å². The molecule has 0 aromatic heterocycles. The Labute approximate surface area is 85.4 Å². The molecule has 13 heavy (non-hydrogen) atoms. The van der Waals surface area contributed by atoms with Crippen LogP contribution in [0.5, 0.6) is 0 Å².